The van der Waals surface area contributed by atoms with Gasteiger partial charge in [0.1, 0.15) is 12.5 Å². The highest BCUT2D eigenvalue weighted by Gasteiger charge is 2.37. The highest BCUT2D eigenvalue weighted by Crippen LogP contribution is 2.42. The van der Waals surface area contributed by atoms with Crippen molar-refractivity contribution in [1.82, 2.24) is 4.90 Å². The number of amides is 1. The molecule has 1 fully saturated rings. The molecule has 2 aliphatic heterocycles. The highest BCUT2D eigenvalue weighted by molar-refractivity contribution is 7.17. The Labute approximate surface area is 247 Å². The van der Waals surface area contributed by atoms with Crippen LogP contribution in [0.1, 0.15) is 52.5 Å². The summed E-state index contributed by atoms with van der Waals surface area (Å²) < 4.78 is 18.2. The number of aliphatic hydroxyl groups excluding tert-OH is 1. The zero-order chi connectivity index (χ0) is 29.0. The van der Waals surface area contributed by atoms with Gasteiger partial charge in [-0.2, -0.15) is 0 Å². The summed E-state index contributed by atoms with van der Waals surface area (Å²) in [6.07, 6.45) is 2.21. The van der Waals surface area contributed by atoms with E-state index in [9.17, 15) is 9.90 Å². The number of aliphatic hydroxyl groups is 1. The molecule has 1 aromatic heterocycles. The molecule has 1 amide bonds. The molecule has 5 rings (SSSR count). The molecule has 0 spiro atoms. The van der Waals surface area contributed by atoms with Crippen molar-refractivity contribution < 1.29 is 24.1 Å². The van der Waals surface area contributed by atoms with E-state index in [1.807, 2.05) is 32.0 Å². The van der Waals surface area contributed by atoms with Gasteiger partial charge < -0.3 is 24.2 Å². The van der Waals surface area contributed by atoms with Gasteiger partial charge in [-0.15, -0.1) is 11.3 Å². The Morgan fingerprint density at radius 2 is 1.83 bits per heavy atom. The topological polar surface area (TPSA) is 74.7 Å². The first-order chi connectivity index (χ1) is 19.7. The summed E-state index contributed by atoms with van der Waals surface area (Å²) in [4.78, 5) is 19.6. The van der Waals surface area contributed by atoms with E-state index in [1.165, 1.54) is 15.8 Å². The predicted molar refractivity (Wildman–Crippen MR) is 165 cm³/mol. The third kappa shape index (κ3) is 7.21. The Morgan fingerprint density at radius 1 is 1.02 bits per heavy atom. The van der Waals surface area contributed by atoms with Crippen molar-refractivity contribution >= 4 is 38.7 Å². The van der Waals surface area contributed by atoms with Crippen LogP contribution in [0.25, 0.3) is 10.1 Å². The van der Waals surface area contributed by atoms with Gasteiger partial charge in [-0.05, 0) is 68.4 Å². The lowest BCUT2D eigenvalue weighted by Gasteiger charge is -2.38. The second-order valence-electron chi connectivity index (χ2n) is 11.8. The summed E-state index contributed by atoms with van der Waals surface area (Å²) in [5.74, 6) is 0.679. The molecular formula is C32H43N3O5S. The van der Waals surface area contributed by atoms with E-state index in [0.717, 1.165) is 62.6 Å². The van der Waals surface area contributed by atoms with Gasteiger partial charge in [0.05, 0.1) is 18.4 Å². The van der Waals surface area contributed by atoms with Crippen LogP contribution in [0.5, 0.6) is 5.75 Å². The lowest BCUT2D eigenvalue weighted by molar-refractivity contribution is -0.275. The number of carbonyl (C=O) groups is 1. The van der Waals surface area contributed by atoms with Crippen molar-refractivity contribution in [3.8, 4) is 5.75 Å². The number of unbranched alkanes of at least 4 members (excludes halogenated alkanes) is 1. The molecule has 3 aromatic rings. The van der Waals surface area contributed by atoms with Crippen molar-refractivity contribution in [2.24, 2.45) is 0 Å². The Kier molecular flexibility index (Phi) is 9.51. The number of nitrogens with zero attached hydrogens (tertiary/aromatic N) is 3. The smallest absolute Gasteiger partial charge is 0.270 e. The molecule has 1 unspecified atom stereocenters. The van der Waals surface area contributed by atoms with Crippen molar-refractivity contribution in [2.75, 3.05) is 55.9 Å². The third-order valence-electron chi connectivity index (χ3n) is 7.94. The molecule has 8 nitrogen and oxygen atoms in total. The molecule has 2 aliphatic rings. The number of piperazine rings is 1. The van der Waals surface area contributed by atoms with Gasteiger partial charge in [-0.1, -0.05) is 26.0 Å². The van der Waals surface area contributed by atoms with Gasteiger partial charge in [-0.3, -0.25) is 14.6 Å². The van der Waals surface area contributed by atoms with Crippen LogP contribution in [-0.2, 0) is 19.7 Å². The van der Waals surface area contributed by atoms with Gasteiger partial charge in [0.15, 0.2) is 0 Å². The summed E-state index contributed by atoms with van der Waals surface area (Å²) in [5.41, 5.74) is 2.88. The van der Waals surface area contributed by atoms with E-state index in [-0.39, 0.29) is 24.2 Å². The maximum Gasteiger partial charge on any atom is 0.270 e. The van der Waals surface area contributed by atoms with Gasteiger partial charge >= 0.3 is 0 Å². The van der Waals surface area contributed by atoms with Crippen LogP contribution in [0.2, 0.25) is 0 Å². The first kappa shape index (κ1) is 29.8. The third-order valence-corrected chi connectivity index (χ3v) is 8.82. The second kappa shape index (κ2) is 13.1. The number of benzene rings is 2. The number of hydrogen-bond acceptors (Lipinski definition) is 8. The Balaban J connectivity index is 1.09. The average Bonchev–Trinajstić information content (AvgIpc) is 3.41. The molecule has 0 radical (unpaired) electrons. The van der Waals surface area contributed by atoms with E-state index < -0.39 is 6.48 Å². The molecule has 0 bridgehead atoms. The minimum atomic E-state index is -1.39. The number of ether oxygens (including phenoxy) is 3. The van der Waals surface area contributed by atoms with Gasteiger partial charge in [0, 0.05) is 59.9 Å². The summed E-state index contributed by atoms with van der Waals surface area (Å²) >= 11 is 1.81. The first-order valence-electron chi connectivity index (χ1n) is 14.7. The fourth-order valence-corrected chi connectivity index (χ4v) is 6.55. The maximum absolute atomic E-state index is 13.0. The number of fused-ring (bicyclic) bond motifs is 2. The Hall–Kier alpha value is -2.69. The summed E-state index contributed by atoms with van der Waals surface area (Å²) in [7, 11) is 0. The van der Waals surface area contributed by atoms with Crippen LogP contribution >= 0.6 is 11.3 Å². The van der Waals surface area contributed by atoms with Crippen molar-refractivity contribution in [3.05, 3.63) is 53.4 Å². The van der Waals surface area contributed by atoms with Gasteiger partial charge in [0.25, 0.3) is 6.48 Å². The second-order valence-corrected chi connectivity index (χ2v) is 12.8. The molecule has 0 aliphatic carbocycles. The van der Waals surface area contributed by atoms with E-state index in [4.69, 9.17) is 14.2 Å². The maximum atomic E-state index is 13.0. The van der Waals surface area contributed by atoms with Crippen molar-refractivity contribution in [1.29, 1.82) is 0 Å². The molecule has 2 aromatic carbocycles. The van der Waals surface area contributed by atoms with Crippen LogP contribution in [0.15, 0.2) is 47.8 Å². The average molecular weight is 582 g/mol. The molecule has 222 valence electrons. The van der Waals surface area contributed by atoms with Crippen LogP contribution in [-0.4, -0.2) is 74.6 Å². The van der Waals surface area contributed by atoms with Crippen molar-refractivity contribution in [2.45, 2.75) is 65.0 Å². The lowest BCUT2D eigenvalue weighted by Crippen LogP contribution is -2.46. The monoisotopic (exact) mass is 581 g/mol. The molecule has 0 saturated carbocycles. The molecule has 3 heterocycles. The standard InChI is InChI=1S/C32H43N3O5S/c1-23(2)40-31(37)39-22-35-28-20-24(10-11-26(28)32(3,4)21-30(35)36)38-18-6-5-13-33-14-16-34(17-15-33)27-8-7-9-29-25(27)12-19-41-29/h7-12,19-20,23,31,37H,5-6,13-18,21-22H2,1-4H3. The minimum Gasteiger partial charge on any atom is -0.494 e. The highest BCUT2D eigenvalue weighted by atomic mass is 32.1. The fraction of sp³-hybridized carbons (Fsp3) is 0.531. The number of hydrogen-bond donors (Lipinski definition) is 1. The van der Waals surface area contributed by atoms with Crippen LogP contribution in [0.3, 0.4) is 0 Å². The van der Waals surface area contributed by atoms with Crippen LogP contribution < -0.4 is 14.5 Å². The normalized spacial score (nSPS) is 18.2. The zero-order valence-electron chi connectivity index (χ0n) is 24.7. The summed E-state index contributed by atoms with van der Waals surface area (Å²) in [6, 6.07) is 14.8. The number of rotatable bonds is 12. The van der Waals surface area contributed by atoms with E-state index in [0.29, 0.717) is 13.0 Å². The quantitative estimate of drug-likeness (QED) is 0.221. The van der Waals surface area contributed by atoms with E-state index in [1.54, 1.807) is 16.2 Å². The Morgan fingerprint density at radius 3 is 2.61 bits per heavy atom. The minimum absolute atomic E-state index is 0.0523. The lowest BCUT2D eigenvalue weighted by atomic mass is 9.77. The van der Waals surface area contributed by atoms with Crippen LogP contribution in [0, 0.1) is 0 Å². The molecule has 1 N–H and O–H groups in total. The number of anilines is 2. The number of carbonyl (C=O) groups excluding carboxylic acids is 1. The van der Waals surface area contributed by atoms with E-state index in [2.05, 4.69) is 53.3 Å². The molecule has 1 saturated heterocycles. The van der Waals surface area contributed by atoms with E-state index >= 15 is 0 Å². The largest absolute Gasteiger partial charge is 0.494 e. The van der Waals surface area contributed by atoms with Gasteiger partial charge in [0.2, 0.25) is 5.91 Å². The first-order valence-corrected chi connectivity index (χ1v) is 15.6. The van der Waals surface area contributed by atoms with Crippen LogP contribution in [0.4, 0.5) is 11.4 Å². The molecule has 1 atom stereocenters. The molecule has 41 heavy (non-hydrogen) atoms. The molecular weight excluding hydrogens is 538 g/mol. The SMILES string of the molecule is CC(C)OC(O)OCN1C(=O)CC(C)(C)c2ccc(OCCCCN3CCN(c4cccc5sccc45)CC3)cc21. The van der Waals surface area contributed by atoms with Gasteiger partial charge in [-0.25, -0.2) is 0 Å². The molecule has 9 heteroatoms. The number of thiophene rings is 1. The Bertz CT molecular complexity index is 1320. The summed E-state index contributed by atoms with van der Waals surface area (Å²) in [6.45, 7) is 12.2. The zero-order valence-corrected chi connectivity index (χ0v) is 25.5. The fourth-order valence-electron chi connectivity index (χ4n) is 5.75. The predicted octanol–water partition coefficient (Wildman–Crippen LogP) is 5.57. The summed E-state index contributed by atoms with van der Waals surface area (Å²) in [5, 5.41) is 13.5. The van der Waals surface area contributed by atoms with Crippen molar-refractivity contribution in [3.63, 3.8) is 0 Å².